The second kappa shape index (κ2) is 10.0. The lowest BCUT2D eigenvalue weighted by Crippen LogP contribution is -2.22. The molecule has 2 amide bonds. The Labute approximate surface area is 190 Å². The molecule has 7 heteroatoms. The number of halogens is 2. The lowest BCUT2D eigenvalue weighted by Gasteiger charge is -2.13. The third-order valence-electron chi connectivity index (χ3n) is 4.29. The van der Waals surface area contributed by atoms with Crippen LogP contribution in [0.25, 0.3) is 0 Å². The fourth-order valence-corrected chi connectivity index (χ4v) is 3.81. The second-order valence-electron chi connectivity index (χ2n) is 6.72. The third-order valence-corrected chi connectivity index (χ3v) is 5.97. The van der Waals surface area contributed by atoms with Crippen LogP contribution in [0.3, 0.4) is 0 Å². The van der Waals surface area contributed by atoms with Crippen molar-refractivity contribution in [1.82, 2.24) is 0 Å². The van der Waals surface area contributed by atoms with Crippen LogP contribution in [0, 0.1) is 6.92 Å². The molecule has 154 valence electrons. The van der Waals surface area contributed by atoms with Gasteiger partial charge in [0, 0.05) is 21.2 Å². The largest absolute Gasteiger partial charge is 0.324 e. The smallest absolute Gasteiger partial charge is 0.255 e. The van der Waals surface area contributed by atoms with Gasteiger partial charge in [0.1, 0.15) is 0 Å². The van der Waals surface area contributed by atoms with Gasteiger partial charge in [0.05, 0.1) is 16.0 Å². The van der Waals surface area contributed by atoms with Crippen LogP contribution in [0.15, 0.2) is 71.6 Å². The average Bonchev–Trinajstić information content (AvgIpc) is 2.72. The Morgan fingerprint density at radius 1 is 0.900 bits per heavy atom. The monoisotopic (exact) mass is 458 g/mol. The molecule has 0 bridgehead atoms. The number of aryl methyl sites for hydroxylation is 1. The molecule has 4 nitrogen and oxygen atoms in total. The van der Waals surface area contributed by atoms with Gasteiger partial charge >= 0.3 is 0 Å². The van der Waals surface area contributed by atoms with Gasteiger partial charge in [-0.1, -0.05) is 40.9 Å². The van der Waals surface area contributed by atoms with Crippen molar-refractivity contribution in [3.8, 4) is 0 Å². The van der Waals surface area contributed by atoms with E-state index in [1.807, 2.05) is 50.2 Å². The number of anilines is 2. The first-order chi connectivity index (χ1) is 14.3. The van der Waals surface area contributed by atoms with Gasteiger partial charge < -0.3 is 10.6 Å². The topological polar surface area (TPSA) is 58.2 Å². The fourth-order valence-electron chi connectivity index (χ4n) is 2.61. The first-order valence-corrected chi connectivity index (χ1v) is 10.9. The lowest BCUT2D eigenvalue weighted by molar-refractivity contribution is -0.115. The summed E-state index contributed by atoms with van der Waals surface area (Å²) in [5.74, 6) is -0.345. The van der Waals surface area contributed by atoms with Gasteiger partial charge in [0.15, 0.2) is 0 Å². The van der Waals surface area contributed by atoms with Crippen molar-refractivity contribution in [3.05, 3.63) is 87.9 Å². The summed E-state index contributed by atoms with van der Waals surface area (Å²) in [6, 6.07) is 19.7. The molecule has 0 radical (unpaired) electrons. The van der Waals surface area contributed by atoms with Crippen LogP contribution in [0.5, 0.6) is 0 Å². The molecule has 0 aromatic heterocycles. The van der Waals surface area contributed by atoms with E-state index in [0.717, 1.165) is 10.5 Å². The summed E-state index contributed by atoms with van der Waals surface area (Å²) in [5.41, 5.74) is 2.87. The highest BCUT2D eigenvalue weighted by molar-refractivity contribution is 8.00. The molecule has 0 saturated heterocycles. The Balaban J connectivity index is 1.58. The van der Waals surface area contributed by atoms with Crippen molar-refractivity contribution in [2.24, 2.45) is 0 Å². The number of benzene rings is 3. The first-order valence-electron chi connectivity index (χ1n) is 9.22. The molecule has 1 unspecified atom stereocenters. The molecular formula is C23H20Cl2N2O2S. The van der Waals surface area contributed by atoms with E-state index in [1.54, 1.807) is 30.3 Å². The van der Waals surface area contributed by atoms with E-state index in [-0.39, 0.29) is 17.1 Å². The van der Waals surface area contributed by atoms with E-state index in [9.17, 15) is 9.59 Å². The molecular weight excluding hydrogens is 439 g/mol. The van der Waals surface area contributed by atoms with E-state index in [1.165, 1.54) is 11.8 Å². The Morgan fingerprint density at radius 2 is 1.57 bits per heavy atom. The van der Waals surface area contributed by atoms with Crippen LogP contribution in [0.1, 0.15) is 22.8 Å². The van der Waals surface area contributed by atoms with Crippen LogP contribution in [-0.4, -0.2) is 17.1 Å². The maximum absolute atomic E-state index is 12.5. The average molecular weight is 459 g/mol. The summed E-state index contributed by atoms with van der Waals surface area (Å²) >= 11 is 13.5. The van der Waals surface area contributed by atoms with Crippen molar-refractivity contribution in [2.75, 3.05) is 10.6 Å². The van der Waals surface area contributed by atoms with E-state index in [0.29, 0.717) is 27.0 Å². The van der Waals surface area contributed by atoms with Crippen molar-refractivity contribution < 1.29 is 9.59 Å². The third kappa shape index (κ3) is 6.02. The summed E-state index contributed by atoms with van der Waals surface area (Å²) in [6.45, 7) is 3.79. The molecule has 0 aliphatic heterocycles. The number of hydrogen-bond donors (Lipinski definition) is 2. The van der Waals surface area contributed by atoms with E-state index in [2.05, 4.69) is 10.6 Å². The van der Waals surface area contributed by atoms with Gasteiger partial charge in [-0.05, 0) is 68.4 Å². The summed E-state index contributed by atoms with van der Waals surface area (Å²) in [6.07, 6.45) is 0. The maximum Gasteiger partial charge on any atom is 0.255 e. The molecule has 3 aromatic carbocycles. The molecule has 2 N–H and O–H groups in total. The summed E-state index contributed by atoms with van der Waals surface area (Å²) < 4.78 is 0. The Morgan fingerprint density at radius 3 is 2.23 bits per heavy atom. The Hall–Kier alpha value is -2.47. The number of amides is 2. The lowest BCUT2D eigenvalue weighted by atomic mass is 10.1. The van der Waals surface area contributed by atoms with Gasteiger partial charge in [-0.15, -0.1) is 11.8 Å². The van der Waals surface area contributed by atoms with E-state index < -0.39 is 0 Å². The van der Waals surface area contributed by atoms with Crippen LogP contribution in [-0.2, 0) is 4.79 Å². The quantitative estimate of drug-likeness (QED) is 0.405. The number of carbonyl (C=O) groups is 2. The van der Waals surface area contributed by atoms with Crippen LogP contribution in [0.2, 0.25) is 10.0 Å². The zero-order chi connectivity index (χ0) is 21.7. The van der Waals surface area contributed by atoms with Crippen molar-refractivity contribution in [1.29, 1.82) is 0 Å². The van der Waals surface area contributed by atoms with Gasteiger partial charge in [0.2, 0.25) is 5.91 Å². The molecule has 3 rings (SSSR count). The minimum absolute atomic E-state index is 0.165. The van der Waals surface area contributed by atoms with Gasteiger partial charge in [-0.3, -0.25) is 9.59 Å². The molecule has 1 atom stereocenters. The van der Waals surface area contributed by atoms with E-state index in [4.69, 9.17) is 23.2 Å². The molecule has 0 heterocycles. The Bertz CT molecular complexity index is 1050. The highest BCUT2D eigenvalue weighted by atomic mass is 35.5. The summed E-state index contributed by atoms with van der Waals surface area (Å²) in [5, 5.41) is 6.24. The summed E-state index contributed by atoms with van der Waals surface area (Å²) in [7, 11) is 0. The number of thioether (sulfide) groups is 1. The number of rotatable bonds is 6. The highest BCUT2D eigenvalue weighted by Gasteiger charge is 2.16. The second-order valence-corrected chi connectivity index (χ2v) is 8.98. The van der Waals surface area contributed by atoms with Crippen LogP contribution in [0.4, 0.5) is 11.4 Å². The number of hydrogen-bond acceptors (Lipinski definition) is 3. The normalized spacial score (nSPS) is 11.6. The maximum atomic E-state index is 12.5. The molecule has 30 heavy (non-hydrogen) atoms. The summed E-state index contributed by atoms with van der Waals surface area (Å²) in [4.78, 5) is 25.7. The van der Waals surface area contributed by atoms with Gasteiger partial charge in [-0.2, -0.15) is 0 Å². The minimum atomic E-state index is -0.354. The molecule has 0 spiro atoms. The van der Waals surface area contributed by atoms with E-state index >= 15 is 0 Å². The van der Waals surface area contributed by atoms with Crippen molar-refractivity contribution >= 4 is 58.2 Å². The van der Waals surface area contributed by atoms with Crippen LogP contribution >= 0.6 is 35.0 Å². The molecule has 0 saturated carbocycles. The van der Waals surface area contributed by atoms with Crippen molar-refractivity contribution in [2.45, 2.75) is 24.0 Å². The minimum Gasteiger partial charge on any atom is -0.324 e. The van der Waals surface area contributed by atoms with Gasteiger partial charge in [0.25, 0.3) is 5.91 Å². The fraction of sp³-hybridized carbons (Fsp3) is 0.130. The van der Waals surface area contributed by atoms with Gasteiger partial charge in [-0.25, -0.2) is 0 Å². The van der Waals surface area contributed by atoms with Crippen LogP contribution < -0.4 is 10.6 Å². The SMILES string of the molecule is Cc1ccc(C(=O)Nc2ccc(SC(C)C(=O)Nc3cc(Cl)ccc3Cl)cc2)cc1. The zero-order valence-electron chi connectivity index (χ0n) is 16.4. The molecule has 0 fully saturated rings. The molecule has 0 aliphatic carbocycles. The Kier molecular flexibility index (Phi) is 7.43. The molecule has 3 aromatic rings. The first kappa shape index (κ1) is 22.2. The predicted octanol–water partition coefficient (Wildman–Crippen LogP) is 6.67. The molecule has 0 aliphatic rings. The standard InChI is InChI=1S/C23H20Cl2N2O2S/c1-14-3-5-16(6-4-14)23(29)26-18-8-10-19(11-9-18)30-15(2)22(28)27-21-13-17(24)7-12-20(21)25/h3-13,15H,1-2H3,(H,26,29)(H,27,28). The number of nitrogens with one attached hydrogen (secondary N) is 2. The zero-order valence-corrected chi connectivity index (χ0v) is 18.7. The predicted molar refractivity (Wildman–Crippen MR) is 126 cm³/mol. The van der Waals surface area contributed by atoms with Crippen molar-refractivity contribution in [3.63, 3.8) is 0 Å². The highest BCUT2D eigenvalue weighted by Crippen LogP contribution is 2.29. The number of carbonyl (C=O) groups excluding carboxylic acids is 2.